The number of aliphatic hydroxyl groups excluding tert-OH is 1. The first-order chi connectivity index (χ1) is 10.8. The number of aromatic nitrogens is 1. The molecule has 1 aliphatic rings. The van der Waals surface area contributed by atoms with Crippen LogP contribution in [0.15, 0.2) is 18.2 Å². The molecule has 1 N–H and O–H groups in total. The molecule has 0 aliphatic carbocycles. The van der Waals surface area contributed by atoms with Gasteiger partial charge in [0.15, 0.2) is 5.13 Å². The van der Waals surface area contributed by atoms with Crippen molar-refractivity contribution in [1.29, 1.82) is 0 Å². The molecule has 0 bridgehead atoms. The molecule has 1 aromatic heterocycles. The van der Waals surface area contributed by atoms with Gasteiger partial charge in [-0.25, -0.2) is 4.98 Å². The van der Waals surface area contributed by atoms with Gasteiger partial charge in [-0.15, -0.1) is 0 Å². The van der Waals surface area contributed by atoms with Crippen LogP contribution in [-0.2, 0) is 10.9 Å². The number of hydrogen-bond donors (Lipinski definition) is 1. The summed E-state index contributed by atoms with van der Waals surface area (Å²) in [6, 6.07) is 3.60. The number of ether oxygens (including phenoxy) is 1. The normalized spacial score (nSPS) is 20.9. The molecule has 0 saturated carbocycles. The molecule has 2 aromatic rings. The van der Waals surface area contributed by atoms with E-state index in [9.17, 15) is 18.3 Å². The zero-order chi connectivity index (χ0) is 16.6. The van der Waals surface area contributed by atoms with E-state index in [0.29, 0.717) is 36.8 Å². The van der Waals surface area contributed by atoms with E-state index in [4.69, 9.17) is 4.74 Å². The second kappa shape index (κ2) is 6.26. The van der Waals surface area contributed by atoms with E-state index in [1.165, 1.54) is 17.4 Å². The summed E-state index contributed by atoms with van der Waals surface area (Å²) < 4.78 is 44.6. The molecule has 23 heavy (non-hydrogen) atoms. The maximum Gasteiger partial charge on any atom is 0.416 e. The number of anilines is 1. The SMILES string of the molecule is CC(O)CC1COCCN1c1nc2cc(C(F)(F)F)ccc2s1. The largest absolute Gasteiger partial charge is 0.416 e. The molecule has 126 valence electrons. The van der Waals surface area contributed by atoms with Crippen LogP contribution in [-0.4, -0.2) is 42.0 Å². The molecule has 8 heteroatoms. The van der Waals surface area contributed by atoms with E-state index >= 15 is 0 Å². The van der Waals surface area contributed by atoms with Crippen molar-refractivity contribution >= 4 is 26.7 Å². The summed E-state index contributed by atoms with van der Waals surface area (Å²) in [6.45, 7) is 3.35. The number of benzene rings is 1. The molecule has 1 aromatic carbocycles. The van der Waals surface area contributed by atoms with Gasteiger partial charge in [0, 0.05) is 6.54 Å². The van der Waals surface area contributed by atoms with Crippen molar-refractivity contribution in [2.75, 3.05) is 24.7 Å². The second-order valence-corrected chi connectivity index (χ2v) is 6.69. The van der Waals surface area contributed by atoms with Crippen molar-refractivity contribution < 1.29 is 23.0 Å². The summed E-state index contributed by atoms with van der Waals surface area (Å²) in [7, 11) is 0. The van der Waals surface area contributed by atoms with Crippen LogP contribution < -0.4 is 4.90 Å². The van der Waals surface area contributed by atoms with Gasteiger partial charge in [0.25, 0.3) is 0 Å². The van der Waals surface area contributed by atoms with Gasteiger partial charge in [-0.05, 0) is 31.5 Å². The summed E-state index contributed by atoms with van der Waals surface area (Å²) >= 11 is 1.36. The van der Waals surface area contributed by atoms with E-state index < -0.39 is 17.8 Å². The molecule has 2 atom stereocenters. The highest BCUT2D eigenvalue weighted by Crippen LogP contribution is 2.36. The number of hydrogen-bond acceptors (Lipinski definition) is 5. The molecule has 0 amide bonds. The highest BCUT2D eigenvalue weighted by Gasteiger charge is 2.31. The van der Waals surface area contributed by atoms with Crippen molar-refractivity contribution in [3.05, 3.63) is 23.8 Å². The van der Waals surface area contributed by atoms with Crippen LogP contribution in [0.1, 0.15) is 18.9 Å². The van der Waals surface area contributed by atoms with Crippen LogP contribution in [0, 0.1) is 0 Å². The fraction of sp³-hybridized carbons (Fsp3) is 0.533. The lowest BCUT2D eigenvalue weighted by atomic mass is 10.1. The summed E-state index contributed by atoms with van der Waals surface area (Å²) in [4.78, 5) is 6.40. The van der Waals surface area contributed by atoms with E-state index in [0.717, 1.165) is 16.8 Å². The summed E-state index contributed by atoms with van der Waals surface area (Å²) in [6.07, 6.45) is -4.31. The van der Waals surface area contributed by atoms with Gasteiger partial charge in [0.2, 0.25) is 0 Å². The highest BCUT2D eigenvalue weighted by molar-refractivity contribution is 7.22. The lowest BCUT2D eigenvalue weighted by Gasteiger charge is -2.36. The van der Waals surface area contributed by atoms with Gasteiger partial charge in [-0.2, -0.15) is 13.2 Å². The minimum absolute atomic E-state index is 0.0219. The molecule has 1 aliphatic heterocycles. The number of rotatable bonds is 3. The zero-order valence-corrected chi connectivity index (χ0v) is 13.3. The fourth-order valence-corrected chi connectivity index (χ4v) is 3.75. The first-order valence-corrected chi connectivity index (χ1v) is 8.16. The van der Waals surface area contributed by atoms with Crippen LogP contribution in [0.4, 0.5) is 18.3 Å². The first-order valence-electron chi connectivity index (χ1n) is 7.35. The monoisotopic (exact) mass is 346 g/mol. The summed E-state index contributed by atoms with van der Waals surface area (Å²) in [5, 5.41) is 10.3. The molecule has 1 saturated heterocycles. The smallest absolute Gasteiger partial charge is 0.393 e. The van der Waals surface area contributed by atoms with Crippen molar-refractivity contribution in [2.45, 2.75) is 31.7 Å². The number of nitrogens with zero attached hydrogens (tertiary/aromatic N) is 2. The van der Waals surface area contributed by atoms with Gasteiger partial charge in [0.1, 0.15) is 0 Å². The van der Waals surface area contributed by atoms with E-state index in [1.54, 1.807) is 6.92 Å². The van der Waals surface area contributed by atoms with Crippen molar-refractivity contribution in [1.82, 2.24) is 4.98 Å². The number of aliphatic hydroxyl groups is 1. The predicted molar refractivity (Wildman–Crippen MR) is 82.9 cm³/mol. The van der Waals surface area contributed by atoms with Gasteiger partial charge < -0.3 is 14.7 Å². The average molecular weight is 346 g/mol. The standard InChI is InChI=1S/C15H17F3N2O2S/c1-9(21)6-11-8-22-5-4-20(11)14-19-12-7-10(15(16,17)18)2-3-13(12)23-14/h2-3,7,9,11,21H,4-6,8H2,1H3. The molecular formula is C15H17F3N2O2S. The predicted octanol–water partition coefficient (Wildman–Crippen LogP) is 3.29. The maximum absolute atomic E-state index is 12.8. The minimum atomic E-state index is -4.37. The van der Waals surface area contributed by atoms with Gasteiger partial charge >= 0.3 is 6.18 Å². The third kappa shape index (κ3) is 3.59. The van der Waals surface area contributed by atoms with Crippen molar-refractivity contribution in [2.24, 2.45) is 0 Å². The van der Waals surface area contributed by atoms with Crippen LogP contribution in [0.25, 0.3) is 10.2 Å². The number of alkyl halides is 3. The highest BCUT2D eigenvalue weighted by atomic mass is 32.1. The third-order valence-electron chi connectivity index (χ3n) is 3.79. The second-order valence-electron chi connectivity index (χ2n) is 5.68. The number of fused-ring (bicyclic) bond motifs is 1. The Bertz CT molecular complexity index is 687. The minimum Gasteiger partial charge on any atom is -0.393 e. The molecular weight excluding hydrogens is 329 g/mol. The Kier molecular flexibility index (Phi) is 4.48. The average Bonchev–Trinajstić information content (AvgIpc) is 2.89. The Labute approximate surface area is 135 Å². The van der Waals surface area contributed by atoms with E-state index in [1.807, 2.05) is 4.90 Å². The lowest BCUT2D eigenvalue weighted by molar-refractivity contribution is -0.137. The van der Waals surface area contributed by atoms with Gasteiger partial charge in [-0.1, -0.05) is 11.3 Å². The topological polar surface area (TPSA) is 45.6 Å². The first kappa shape index (κ1) is 16.5. The quantitative estimate of drug-likeness (QED) is 0.926. The Morgan fingerprint density at radius 2 is 2.26 bits per heavy atom. The maximum atomic E-state index is 12.8. The summed E-state index contributed by atoms with van der Waals surface area (Å²) in [5.74, 6) is 0. The molecule has 0 spiro atoms. The number of thiazole rings is 1. The molecule has 2 heterocycles. The van der Waals surface area contributed by atoms with Crippen LogP contribution >= 0.6 is 11.3 Å². The van der Waals surface area contributed by atoms with Crippen molar-refractivity contribution in [3.8, 4) is 0 Å². The van der Waals surface area contributed by atoms with Gasteiger partial charge in [0.05, 0.1) is 41.1 Å². The van der Waals surface area contributed by atoms with Crippen LogP contribution in [0.2, 0.25) is 0 Å². The van der Waals surface area contributed by atoms with Crippen molar-refractivity contribution in [3.63, 3.8) is 0 Å². The summed E-state index contributed by atoms with van der Waals surface area (Å²) in [5.41, 5.74) is -0.341. The molecule has 4 nitrogen and oxygen atoms in total. The third-order valence-corrected chi connectivity index (χ3v) is 4.86. The van der Waals surface area contributed by atoms with Crippen LogP contribution in [0.5, 0.6) is 0 Å². The zero-order valence-electron chi connectivity index (χ0n) is 12.5. The lowest BCUT2D eigenvalue weighted by Crippen LogP contribution is -2.46. The number of morpholine rings is 1. The fourth-order valence-electron chi connectivity index (χ4n) is 2.71. The molecule has 2 unspecified atom stereocenters. The Morgan fingerprint density at radius 3 is 2.96 bits per heavy atom. The molecule has 1 fully saturated rings. The van der Waals surface area contributed by atoms with Gasteiger partial charge in [-0.3, -0.25) is 0 Å². The number of halogens is 3. The van der Waals surface area contributed by atoms with E-state index in [2.05, 4.69) is 4.98 Å². The Balaban J connectivity index is 1.92. The van der Waals surface area contributed by atoms with Crippen LogP contribution in [0.3, 0.4) is 0 Å². The Morgan fingerprint density at radius 1 is 1.48 bits per heavy atom. The molecule has 0 radical (unpaired) electrons. The Hall–Kier alpha value is -1.38. The molecule has 3 rings (SSSR count). The van der Waals surface area contributed by atoms with E-state index in [-0.39, 0.29) is 6.04 Å².